The summed E-state index contributed by atoms with van der Waals surface area (Å²) in [6, 6.07) is 2.16. The lowest BCUT2D eigenvalue weighted by atomic mass is 10.1. The highest BCUT2D eigenvalue weighted by molar-refractivity contribution is 5.79. The number of carbonyl (C=O) groups is 1. The van der Waals surface area contributed by atoms with E-state index >= 15 is 0 Å². The maximum Gasteiger partial charge on any atom is 0.251 e. The zero-order chi connectivity index (χ0) is 17.3. The normalized spacial score (nSPS) is 17.2. The van der Waals surface area contributed by atoms with Crippen molar-refractivity contribution in [1.82, 2.24) is 30.4 Å². The molecule has 2 N–H and O–H groups in total. The number of aromatic nitrogens is 4. The van der Waals surface area contributed by atoms with Crippen LogP contribution in [0, 0.1) is 27.7 Å². The highest BCUT2D eigenvalue weighted by atomic mass is 16.1. The van der Waals surface area contributed by atoms with E-state index in [1.807, 2.05) is 33.8 Å². The third-order valence-corrected chi connectivity index (χ3v) is 4.36. The lowest BCUT2D eigenvalue weighted by Crippen LogP contribution is -2.37. The van der Waals surface area contributed by atoms with Crippen LogP contribution in [0.1, 0.15) is 34.8 Å². The van der Waals surface area contributed by atoms with Crippen LogP contribution in [0.25, 0.3) is 5.95 Å². The molecule has 0 bridgehead atoms. The number of amides is 1. The number of hydrogen-bond acceptors (Lipinski definition) is 5. The maximum atomic E-state index is 12.3. The van der Waals surface area contributed by atoms with Crippen molar-refractivity contribution in [3.05, 3.63) is 34.4 Å². The first-order valence-electron chi connectivity index (χ1n) is 8.32. The predicted molar refractivity (Wildman–Crippen MR) is 91.2 cm³/mol. The van der Waals surface area contributed by atoms with E-state index in [0.29, 0.717) is 12.4 Å². The molecule has 1 fully saturated rings. The molecular formula is C17H24N6O. The Hall–Kier alpha value is -2.28. The Morgan fingerprint density at radius 1 is 1.29 bits per heavy atom. The Morgan fingerprint density at radius 2 is 2.00 bits per heavy atom. The molecular weight excluding hydrogens is 304 g/mol. The van der Waals surface area contributed by atoms with Gasteiger partial charge in [0.1, 0.15) is 0 Å². The van der Waals surface area contributed by atoms with E-state index in [0.717, 1.165) is 47.8 Å². The maximum absolute atomic E-state index is 12.3. The summed E-state index contributed by atoms with van der Waals surface area (Å²) in [7, 11) is 0. The molecule has 0 aromatic carbocycles. The largest absolute Gasteiger partial charge is 0.352 e. The smallest absolute Gasteiger partial charge is 0.251 e. The monoisotopic (exact) mass is 328 g/mol. The Morgan fingerprint density at radius 3 is 2.62 bits per heavy atom. The second-order valence-electron chi connectivity index (χ2n) is 6.45. The van der Waals surface area contributed by atoms with Gasteiger partial charge in [-0.1, -0.05) is 0 Å². The van der Waals surface area contributed by atoms with E-state index in [-0.39, 0.29) is 11.9 Å². The number of hydrogen-bond donors (Lipinski definition) is 2. The van der Waals surface area contributed by atoms with Gasteiger partial charge >= 0.3 is 0 Å². The zero-order valence-electron chi connectivity index (χ0n) is 14.7. The molecule has 2 aromatic heterocycles. The Balaban J connectivity index is 1.82. The molecule has 7 nitrogen and oxygen atoms in total. The average molecular weight is 328 g/mol. The highest BCUT2D eigenvalue weighted by Gasteiger charge is 2.20. The molecule has 7 heteroatoms. The summed E-state index contributed by atoms with van der Waals surface area (Å²) in [5.74, 6) is 0.593. The van der Waals surface area contributed by atoms with E-state index in [1.54, 1.807) is 4.68 Å². The lowest BCUT2D eigenvalue weighted by Gasteiger charge is -2.11. The molecule has 1 unspecified atom stereocenters. The van der Waals surface area contributed by atoms with Crippen LogP contribution in [-0.2, 0) is 11.2 Å². The first-order valence-corrected chi connectivity index (χ1v) is 8.32. The van der Waals surface area contributed by atoms with Crippen LogP contribution >= 0.6 is 0 Å². The van der Waals surface area contributed by atoms with Crippen molar-refractivity contribution in [3.63, 3.8) is 0 Å². The topological polar surface area (TPSA) is 84.7 Å². The Labute approximate surface area is 141 Å². The van der Waals surface area contributed by atoms with Gasteiger partial charge in [0.25, 0.3) is 5.95 Å². The van der Waals surface area contributed by atoms with E-state index < -0.39 is 0 Å². The fraction of sp³-hybridized carbons (Fsp3) is 0.529. The molecule has 128 valence electrons. The molecule has 1 saturated heterocycles. The van der Waals surface area contributed by atoms with E-state index in [2.05, 4.69) is 25.7 Å². The van der Waals surface area contributed by atoms with Gasteiger partial charge in [-0.2, -0.15) is 5.10 Å². The van der Waals surface area contributed by atoms with Gasteiger partial charge < -0.3 is 10.6 Å². The van der Waals surface area contributed by atoms with Gasteiger partial charge in [-0.3, -0.25) is 4.79 Å². The van der Waals surface area contributed by atoms with E-state index in [9.17, 15) is 4.79 Å². The van der Waals surface area contributed by atoms with Crippen molar-refractivity contribution in [1.29, 1.82) is 0 Å². The fourth-order valence-electron chi connectivity index (χ4n) is 3.14. The molecule has 0 radical (unpaired) electrons. The van der Waals surface area contributed by atoms with Gasteiger partial charge in [0.2, 0.25) is 5.91 Å². The third kappa shape index (κ3) is 3.46. The minimum atomic E-state index is 0.0378. The molecule has 3 rings (SSSR count). The molecule has 3 heterocycles. The van der Waals surface area contributed by atoms with Crippen molar-refractivity contribution in [2.45, 2.75) is 46.6 Å². The average Bonchev–Trinajstić information content (AvgIpc) is 3.09. The molecule has 24 heavy (non-hydrogen) atoms. The van der Waals surface area contributed by atoms with Gasteiger partial charge in [-0.15, -0.1) is 0 Å². The summed E-state index contributed by atoms with van der Waals surface area (Å²) < 4.78 is 1.73. The lowest BCUT2D eigenvalue weighted by molar-refractivity contribution is -0.121. The zero-order valence-corrected chi connectivity index (χ0v) is 14.7. The molecule has 1 atom stereocenters. The number of nitrogens with one attached hydrogen (secondary N) is 2. The van der Waals surface area contributed by atoms with Crippen molar-refractivity contribution >= 4 is 5.91 Å². The van der Waals surface area contributed by atoms with Gasteiger partial charge in [0.15, 0.2) is 0 Å². The van der Waals surface area contributed by atoms with Gasteiger partial charge in [0.05, 0.1) is 12.1 Å². The van der Waals surface area contributed by atoms with Crippen molar-refractivity contribution in [2.75, 3.05) is 13.1 Å². The van der Waals surface area contributed by atoms with E-state index in [4.69, 9.17) is 0 Å². The second kappa shape index (κ2) is 6.68. The standard InChI is InChI=1S/C17H24N6O/c1-10-7-11(2)20-17(19-10)23-13(4)15(12(3)22-23)8-16(24)21-14-5-6-18-9-14/h7,14,18H,5-6,8-9H2,1-4H3,(H,21,24). The fourth-order valence-corrected chi connectivity index (χ4v) is 3.14. The van der Waals surface area contributed by atoms with Crippen LogP contribution in [0.4, 0.5) is 0 Å². The van der Waals surface area contributed by atoms with Crippen molar-refractivity contribution in [2.24, 2.45) is 0 Å². The van der Waals surface area contributed by atoms with Crippen LogP contribution < -0.4 is 10.6 Å². The van der Waals surface area contributed by atoms with Crippen LogP contribution in [-0.4, -0.2) is 44.8 Å². The van der Waals surface area contributed by atoms with E-state index in [1.165, 1.54) is 0 Å². The summed E-state index contributed by atoms with van der Waals surface area (Å²) in [5, 5.41) is 10.9. The molecule has 0 saturated carbocycles. The summed E-state index contributed by atoms with van der Waals surface area (Å²) in [6.45, 7) is 9.57. The predicted octanol–water partition coefficient (Wildman–Crippen LogP) is 0.917. The quantitative estimate of drug-likeness (QED) is 0.872. The molecule has 1 aliphatic heterocycles. The van der Waals surface area contributed by atoms with Crippen LogP contribution in [0.15, 0.2) is 6.07 Å². The van der Waals surface area contributed by atoms with Gasteiger partial charge in [0, 0.05) is 35.2 Å². The summed E-state index contributed by atoms with van der Waals surface area (Å²) in [5.41, 5.74) is 4.50. The number of carbonyl (C=O) groups excluding carboxylic acids is 1. The molecule has 1 aliphatic rings. The van der Waals surface area contributed by atoms with Crippen molar-refractivity contribution in [3.8, 4) is 5.95 Å². The molecule has 1 amide bonds. The summed E-state index contributed by atoms with van der Waals surface area (Å²) in [4.78, 5) is 21.2. The molecule has 0 spiro atoms. The number of rotatable bonds is 4. The first-order chi connectivity index (χ1) is 11.4. The molecule has 2 aromatic rings. The van der Waals surface area contributed by atoms with Crippen molar-refractivity contribution < 1.29 is 4.79 Å². The third-order valence-electron chi connectivity index (χ3n) is 4.36. The Kier molecular flexibility index (Phi) is 4.62. The van der Waals surface area contributed by atoms with Crippen LogP contribution in [0.5, 0.6) is 0 Å². The SMILES string of the molecule is Cc1cc(C)nc(-n2nc(C)c(CC(=O)NC3CCNC3)c2C)n1. The minimum Gasteiger partial charge on any atom is -0.352 e. The van der Waals surface area contributed by atoms with Gasteiger partial charge in [-0.25, -0.2) is 14.6 Å². The van der Waals surface area contributed by atoms with Crippen LogP contribution in [0.2, 0.25) is 0 Å². The minimum absolute atomic E-state index is 0.0378. The summed E-state index contributed by atoms with van der Waals surface area (Å²) >= 11 is 0. The second-order valence-corrected chi connectivity index (χ2v) is 6.45. The molecule has 0 aliphatic carbocycles. The van der Waals surface area contributed by atoms with Gasteiger partial charge in [-0.05, 0) is 46.7 Å². The summed E-state index contributed by atoms with van der Waals surface area (Å²) in [6.07, 6.45) is 1.32. The number of nitrogens with zero attached hydrogens (tertiary/aromatic N) is 4. The number of aryl methyl sites for hydroxylation is 3. The first kappa shape index (κ1) is 16.6. The van der Waals surface area contributed by atoms with Crippen LogP contribution in [0.3, 0.4) is 0 Å². The Bertz CT molecular complexity index is 740. The highest BCUT2D eigenvalue weighted by Crippen LogP contribution is 2.17.